The van der Waals surface area contributed by atoms with Gasteiger partial charge in [0.05, 0.1) is 12.4 Å². The number of methoxy groups -OCH3 is 1. The molecular weight excluding hydrogens is 290 g/mol. The normalized spacial score (nSPS) is 12.0. The predicted molar refractivity (Wildman–Crippen MR) is 81.9 cm³/mol. The second-order valence-electron chi connectivity index (χ2n) is 4.38. The predicted octanol–water partition coefficient (Wildman–Crippen LogP) is 1.43. The largest absolute Gasteiger partial charge is 0.497 e. The van der Waals surface area contributed by atoms with Crippen molar-refractivity contribution in [1.29, 1.82) is 0 Å². The minimum absolute atomic E-state index is 0.145. The molecule has 7 nitrogen and oxygen atoms in total. The van der Waals surface area contributed by atoms with E-state index in [0.29, 0.717) is 22.4 Å². The first-order valence-electron chi connectivity index (χ1n) is 6.30. The van der Waals surface area contributed by atoms with Gasteiger partial charge in [0.2, 0.25) is 11.1 Å². The number of hydrogen-bond donors (Lipinski definition) is 2. The maximum absolute atomic E-state index is 12.2. The molecule has 0 radical (unpaired) electrons. The van der Waals surface area contributed by atoms with Gasteiger partial charge in [-0.25, -0.2) is 4.68 Å². The third-order valence-electron chi connectivity index (χ3n) is 2.82. The van der Waals surface area contributed by atoms with Crippen molar-refractivity contribution in [2.45, 2.75) is 24.3 Å². The first-order chi connectivity index (χ1) is 10.0. The van der Waals surface area contributed by atoms with Crippen LogP contribution in [0.4, 0.5) is 5.69 Å². The highest BCUT2D eigenvalue weighted by molar-refractivity contribution is 8.00. The Labute approximate surface area is 126 Å². The molecule has 1 aromatic heterocycles. The number of carbonyl (C=O) groups excluding carboxylic acids is 1. The molecule has 21 heavy (non-hydrogen) atoms. The number of thioether (sulfide) groups is 1. The molecule has 0 fully saturated rings. The molecular formula is C13H17N5O2S. The van der Waals surface area contributed by atoms with Gasteiger partial charge >= 0.3 is 0 Å². The topological polar surface area (TPSA) is 95.1 Å². The lowest BCUT2D eigenvalue weighted by Gasteiger charge is -2.12. The van der Waals surface area contributed by atoms with Crippen molar-refractivity contribution in [3.8, 4) is 5.75 Å². The molecule has 0 saturated carbocycles. The lowest BCUT2D eigenvalue weighted by Crippen LogP contribution is -2.23. The summed E-state index contributed by atoms with van der Waals surface area (Å²) in [4.78, 5) is 12.2. The smallest absolute Gasteiger partial charge is 0.237 e. The van der Waals surface area contributed by atoms with E-state index >= 15 is 0 Å². The Bertz CT molecular complexity index is 643. The molecule has 1 aromatic carbocycles. The number of anilines is 1. The molecule has 2 rings (SSSR count). The highest BCUT2D eigenvalue weighted by Crippen LogP contribution is 2.23. The summed E-state index contributed by atoms with van der Waals surface area (Å²) in [6.45, 7) is 3.53. The summed E-state index contributed by atoms with van der Waals surface area (Å²) in [6, 6.07) is 7.18. The number of aromatic nitrogens is 3. The number of nitrogens with two attached hydrogens (primary N) is 1. The fourth-order valence-electron chi connectivity index (χ4n) is 1.59. The summed E-state index contributed by atoms with van der Waals surface area (Å²) in [5, 5.41) is 10.7. The van der Waals surface area contributed by atoms with Crippen molar-refractivity contribution in [2.24, 2.45) is 0 Å². The number of carbonyl (C=O) groups is 1. The van der Waals surface area contributed by atoms with E-state index in [9.17, 15) is 4.79 Å². The Kier molecular flexibility index (Phi) is 4.69. The standard InChI is InChI=1S/C13H17N5O2S/c1-8(21-13-17-16-9(2)18(13)14)12(19)15-10-5-4-6-11(7-10)20-3/h4-8H,14H2,1-3H3,(H,15,19)/t8-/m1/s1. The fraction of sp³-hybridized carbons (Fsp3) is 0.308. The zero-order chi connectivity index (χ0) is 15.4. The third kappa shape index (κ3) is 3.66. The fourth-order valence-corrected chi connectivity index (χ4v) is 2.40. The van der Waals surface area contributed by atoms with Gasteiger partial charge in [-0.2, -0.15) is 0 Å². The van der Waals surface area contributed by atoms with Crippen LogP contribution in [-0.2, 0) is 4.79 Å². The van der Waals surface area contributed by atoms with Gasteiger partial charge in [-0.3, -0.25) is 4.79 Å². The number of amides is 1. The van der Waals surface area contributed by atoms with Gasteiger partial charge in [0.25, 0.3) is 0 Å². The number of nitrogens with zero attached hydrogens (tertiary/aromatic N) is 3. The van der Waals surface area contributed by atoms with Crippen molar-refractivity contribution in [2.75, 3.05) is 18.3 Å². The molecule has 0 aliphatic heterocycles. The van der Waals surface area contributed by atoms with Crippen molar-refractivity contribution in [1.82, 2.24) is 14.9 Å². The summed E-state index contributed by atoms with van der Waals surface area (Å²) in [5.74, 6) is 6.90. The molecule has 0 unspecified atom stereocenters. The minimum Gasteiger partial charge on any atom is -0.497 e. The van der Waals surface area contributed by atoms with Crippen LogP contribution in [0.15, 0.2) is 29.4 Å². The molecule has 0 saturated heterocycles. The number of nitrogen functional groups attached to an aromatic ring is 1. The van der Waals surface area contributed by atoms with E-state index < -0.39 is 0 Å². The second-order valence-corrected chi connectivity index (χ2v) is 5.69. The Morgan fingerprint density at radius 2 is 2.24 bits per heavy atom. The maximum atomic E-state index is 12.2. The van der Waals surface area contributed by atoms with Gasteiger partial charge < -0.3 is 15.9 Å². The van der Waals surface area contributed by atoms with E-state index in [-0.39, 0.29) is 11.2 Å². The Hall–Kier alpha value is -2.22. The highest BCUT2D eigenvalue weighted by atomic mass is 32.2. The van der Waals surface area contributed by atoms with E-state index in [2.05, 4.69) is 15.5 Å². The summed E-state index contributed by atoms with van der Waals surface area (Å²) in [6.07, 6.45) is 0. The van der Waals surface area contributed by atoms with Crippen LogP contribution in [0.25, 0.3) is 0 Å². The molecule has 1 amide bonds. The molecule has 8 heteroatoms. The van der Waals surface area contributed by atoms with Gasteiger partial charge in [-0.15, -0.1) is 10.2 Å². The Morgan fingerprint density at radius 3 is 2.86 bits per heavy atom. The highest BCUT2D eigenvalue weighted by Gasteiger charge is 2.18. The monoisotopic (exact) mass is 307 g/mol. The van der Waals surface area contributed by atoms with E-state index in [1.807, 2.05) is 12.1 Å². The molecule has 0 spiro atoms. The molecule has 0 bridgehead atoms. The average molecular weight is 307 g/mol. The molecule has 2 aromatic rings. The summed E-state index contributed by atoms with van der Waals surface area (Å²) in [7, 11) is 1.58. The molecule has 1 heterocycles. The van der Waals surface area contributed by atoms with Crippen LogP contribution in [0, 0.1) is 6.92 Å². The van der Waals surface area contributed by atoms with Gasteiger partial charge in [-0.05, 0) is 26.0 Å². The molecule has 1 atom stereocenters. The van der Waals surface area contributed by atoms with Crippen LogP contribution in [0.2, 0.25) is 0 Å². The minimum atomic E-state index is -0.359. The number of benzene rings is 1. The van der Waals surface area contributed by atoms with Crippen molar-refractivity contribution in [3.63, 3.8) is 0 Å². The second kappa shape index (κ2) is 6.49. The van der Waals surface area contributed by atoms with E-state index in [1.165, 1.54) is 16.4 Å². The number of ether oxygens (including phenoxy) is 1. The number of rotatable bonds is 5. The molecule has 0 aliphatic carbocycles. The summed E-state index contributed by atoms with van der Waals surface area (Å²) in [5.41, 5.74) is 0.678. The van der Waals surface area contributed by atoms with Crippen LogP contribution >= 0.6 is 11.8 Å². The van der Waals surface area contributed by atoms with E-state index in [4.69, 9.17) is 10.6 Å². The average Bonchev–Trinajstić information content (AvgIpc) is 2.79. The van der Waals surface area contributed by atoms with Gasteiger partial charge in [-0.1, -0.05) is 17.8 Å². The zero-order valence-electron chi connectivity index (χ0n) is 12.0. The summed E-state index contributed by atoms with van der Waals surface area (Å²) >= 11 is 1.25. The van der Waals surface area contributed by atoms with Crippen LogP contribution in [-0.4, -0.2) is 33.1 Å². The number of hydrogen-bond acceptors (Lipinski definition) is 6. The lowest BCUT2D eigenvalue weighted by molar-refractivity contribution is -0.115. The Balaban J connectivity index is 2.00. The van der Waals surface area contributed by atoms with Gasteiger partial charge in [0.15, 0.2) is 0 Å². The van der Waals surface area contributed by atoms with E-state index in [0.717, 1.165) is 0 Å². The number of aryl methyl sites for hydroxylation is 1. The first kappa shape index (κ1) is 15.2. The third-order valence-corrected chi connectivity index (χ3v) is 3.88. The molecule has 112 valence electrons. The SMILES string of the molecule is COc1cccc(NC(=O)[C@@H](C)Sc2nnc(C)n2N)c1. The zero-order valence-corrected chi connectivity index (χ0v) is 12.8. The Morgan fingerprint density at radius 1 is 1.48 bits per heavy atom. The van der Waals surface area contributed by atoms with Crippen LogP contribution in [0.5, 0.6) is 5.75 Å². The van der Waals surface area contributed by atoms with Crippen molar-refractivity contribution < 1.29 is 9.53 Å². The molecule has 3 N–H and O–H groups in total. The van der Waals surface area contributed by atoms with E-state index in [1.54, 1.807) is 33.1 Å². The van der Waals surface area contributed by atoms with Crippen molar-refractivity contribution in [3.05, 3.63) is 30.1 Å². The van der Waals surface area contributed by atoms with Gasteiger partial charge in [0.1, 0.15) is 11.6 Å². The van der Waals surface area contributed by atoms with Crippen molar-refractivity contribution >= 4 is 23.4 Å². The maximum Gasteiger partial charge on any atom is 0.237 e. The van der Waals surface area contributed by atoms with Crippen LogP contribution < -0.4 is 15.9 Å². The number of nitrogens with one attached hydrogen (secondary N) is 1. The first-order valence-corrected chi connectivity index (χ1v) is 7.18. The lowest BCUT2D eigenvalue weighted by atomic mass is 10.3. The van der Waals surface area contributed by atoms with Crippen LogP contribution in [0.3, 0.4) is 0 Å². The van der Waals surface area contributed by atoms with Crippen LogP contribution in [0.1, 0.15) is 12.7 Å². The summed E-state index contributed by atoms with van der Waals surface area (Å²) < 4.78 is 6.48. The van der Waals surface area contributed by atoms with Gasteiger partial charge in [0, 0.05) is 11.8 Å². The quantitative estimate of drug-likeness (QED) is 0.641. The molecule has 0 aliphatic rings.